The molecule has 0 radical (unpaired) electrons. The Bertz CT molecular complexity index is 466. The van der Waals surface area contributed by atoms with Crippen molar-refractivity contribution in [1.29, 1.82) is 0 Å². The average Bonchev–Trinajstić information content (AvgIpc) is 2.28. The number of benzene rings is 1. The van der Waals surface area contributed by atoms with Gasteiger partial charge < -0.3 is 5.73 Å². The number of anilines is 1. The van der Waals surface area contributed by atoms with Gasteiger partial charge in [0.15, 0.2) is 0 Å². The summed E-state index contributed by atoms with van der Waals surface area (Å²) in [6, 6.07) is 12.4. The maximum atomic E-state index is 5.58. The average molecular weight is 230 g/mol. The van der Waals surface area contributed by atoms with Gasteiger partial charge in [0.25, 0.3) is 0 Å². The third-order valence-corrected chi connectivity index (χ3v) is 3.24. The van der Waals surface area contributed by atoms with Crippen molar-refractivity contribution in [3.63, 3.8) is 0 Å². The van der Waals surface area contributed by atoms with E-state index in [0.29, 0.717) is 5.69 Å². The number of pyridine rings is 1. The van der Waals surface area contributed by atoms with Crippen LogP contribution in [0.2, 0.25) is 0 Å². The molecule has 0 amide bonds. The second kappa shape index (κ2) is 5.03. The van der Waals surface area contributed by atoms with Crippen molar-refractivity contribution in [3.05, 3.63) is 53.7 Å². The van der Waals surface area contributed by atoms with Crippen LogP contribution in [0.1, 0.15) is 11.1 Å². The first-order chi connectivity index (χ1) is 7.74. The summed E-state index contributed by atoms with van der Waals surface area (Å²) in [6.07, 6.45) is 1.69. The third-order valence-electron chi connectivity index (χ3n) is 2.23. The predicted octanol–water partition coefficient (Wildman–Crippen LogP) is 3.26. The van der Waals surface area contributed by atoms with Crippen LogP contribution in [0.15, 0.2) is 47.6 Å². The maximum absolute atomic E-state index is 5.58. The Balaban J connectivity index is 1.99. The lowest BCUT2D eigenvalue weighted by Gasteiger charge is -2.02. The van der Waals surface area contributed by atoms with Gasteiger partial charge in [-0.25, -0.2) is 4.98 Å². The summed E-state index contributed by atoms with van der Waals surface area (Å²) in [5.74, 6) is 0.943. The van der Waals surface area contributed by atoms with Gasteiger partial charge in [0.05, 0.1) is 16.9 Å². The largest absolute Gasteiger partial charge is 0.397 e. The van der Waals surface area contributed by atoms with Crippen molar-refractivity contribution in [2.75, 3.05) is 5.73 Å². The molecule has 0 bridgehead atoms. The number of thioether (sulfide) groups is 1. The first-order valence-corrected chi connectivity index (χ1v) is 6.12. The van der Waals surface area contributed by atoms with Crippen molar-refractivity contribution < 1.29 is 0 Å². The van der Waals surface area contributed by atoms with Crippen LogP contribution in [0.5, 0.6) is 0 Å². The molecule has 0 aliphatic heterocycles. The number of nitrogens with two attached hydrogens (primary N) is 1. The van der Waals surface area contributed by atoms with Crippen LogP contribution in [0, 0.1) is 6.92 Å². The zero-order chi connectivity index (χ0) is 11.4. The van der Waals surface area contributed by atoms with E-state index in [1.54, 1.807) is 18.0 Å². The molecule has 0 spiro atoms. The molecule has 82 valence electrons. The number of nitrogens with zero attached hydrogens (tertiary/aromatic N) is 1. The molecular formula is C13H14N2S. The third kappa shape index (κ3) is 3.00. The van der Waals surface area contributed by atoms with Gasteiger partial charge in [0, 0.05) is 5.75 Å². The normalized spacial score (nSPS) is 10.3. The van der Waals surface area contributed by atoms with E-state index in [9.17, 15) is 0 Å². The van der Waals surface area contributed by atoms with Crippen molar-refractivity contribution >= 4 is 17.4 Å². The van der Waals surface area contributed by atoms with Crippen LogP contribution in [0.3, 0.4) is 0 Å². The highest BCUT2D eigenvalue weighted by molar-refractivity contribution is 7.98. The predicted molar refractivity (Wildman–Crippen MR) is 69.4 cm³/mol. The summed E-state index contributed by atoms with van der Waals surface area (Å²) in [5.41, 5.74) is 8.91. The number of hydrogen-bond acceptors (Lipinski definition) is 3. The Hall–Kier alpha value is -1.48. The van der Waals surface area contributed by atoms with Crippen LogP contribution in [0.25, 0.3) is 0 Å². The zero-order valence-electron chi connectivity index (χ0n) is 9.18. The van der Waals surface area contributed by atoms with Gasteiger partial charge in [0.2, 0.25) is 0 Å². The fourth-order valence-corrected chi connectivity index (χ4v) is 2.22. The summed E-state index contributed by atoms with van der Waals surface area (Å²) in [4.78, 5) is 4.25. The molecule has 2 N–H and O–H groups in total. The fraction of sp³-hybridized carbons (Fsp3) is 0.154. The quantitative estimate of drug-likeness (QED) is 0.822. The highest BCUT2D eigenvalue weighted by Crippen LogP contribution is 2.21. The molecule has 1 heterocycles. The topological polar surface area (TPSA) is 38.9 Å². The van der Waals surface area contributed by atoms with E-state index in [4.69, 9.17) is 5.73 Å². The number of nitrogen functional groups attached to an aromatic ring is 1. The SMILES string of the molecule is Cc1cccc(CSc2ccc(N)cn2)c1. The van der Waals surface area contributed by atoms with Gasteiger partial charge in [-0.05, 0) is 24.6 Å². The van der Waals surface area contributed by atoms with E-state index in [1.165, 1.54) is 11.1 Å². The van der Waals surface area contributed by atoms with Gasteiger partial charge in [-0.2, -0.15) is 0 Å². The molecular weight excluding hydrogens is 216 g/mol. The summed E-state index contributed by atoms with van der Waals surface area (Å²) < 4.78 is 0. The highest BCUT2D eigenvalue weighted by atomic mass is 32.2. The Morgan fingerprint density at radius 2 is 2.12 bits per heavy atom. The number of aryl methyl sites for hydroxylation is 1. The number of aromatic nitrogens is 1. The minimum absolute atomic E-state index is 0.708. The first-order valence-electron chi connectivity index (χ1n) is 5.14. The van der Waals surface area contributed by atoms with E-state index in [2.05, 4.69) is 36.2 Å². The van der Waals surface area contributed by atoms with Gasteiger partial charge in [-0.3, -0.25) is 0 Å². The molecule has 1 aromatic heterocycles. The van der Waals surface area contributed by atoms with Crippen molar-refractivity contribution in [2.24, 2.45) is 0 Å². The second-order valence-corrected chi connectivity index (χ2v) is 4.70. The van der Waals surface area contributed by atoms with Crippen molar-refractivity contribution in [3.8, 4) is 0 Å². The maximum Gasteiger partial charge on any atom is 0.0964 e. The standard InChI is InChI=1S/C13H14N2S/c1-10-3-2-4-11(7-10)9-16-13-6-5-12(14)8-15-13/h2-8H,9,14H2,1H3. The monoisotopic (exact) mass is 230 g/mol. The Morgan fingerprint density at radius 1 is 1.25 bits per heavy atom. The molecule has 3 heteroatoms. The molecule has 0 atom stereocenters. The van der Waals surface area contributed by atoms with E-state index in [1.807, 2.05) is 12.1 Å². The Kier molecular flexibility index (Phi) is 3.47. The molecule has 2 aromatic rings. The fourth-order valence-electron chi connectivity index (χ4n) is 1.44. The van der Waals surface area contributed by atoms with E-state index in [0.717, 1.165) is 10.8 Å². The molecule has 0 aliphatic carbocycles. The first kappa shape index (κ1) is 11.0. The van der Waals surface area contributed by atoms with Crippen molar-refractivity contribution in [2.45, 2.75) is 17.7 Å². The minimum atomic E-state index is 0.708. The molecule has 2 nitrogen and oxygen atoms in total. The molecule has 0 saturated carbocycles. The molecule has 0 saturated heterocycles. The number of hydrogen-bond donors (Lipinski definition) is 1. The highest BCUT2D eigenvalue weighted by Gasteiger charge is 1.97. The molecule has 16 heavy (non-hydrogen) atoms. The Morgan fingerprint density at radius 3 is 2.81 bits per heavy atom. The summed E-state index contributed by atoms with van der Waals surface area (Å²) in [6.45, 7) is 2.11. The summed E-state index contributed by atoms with van der Waals surface area (Å²) >= 11 is 1.72. The Labute approximate surface area is 99.9 Å². The van der Waals surface area contributed by atoms with Gasteiger partial charge in [-0.15, -0.1) is 11.8 Å². The van der Waals surface area contributed by atoms with E-state index in [-0.39, 0.29) is 0 Å². The van der Waals surface area contributed by atoms with Crippen LogP contribution in [-0.4, -0.2) is 4.98 Å². The summed E-state index contributed by atoms with van der Waals surface area (Å²) in [7, 11) is 0. The van der Waals surface area contributed by atoms with Gasteiger partial charge >= 0.3 is 0 Å². The molecule has 0 unspecified atom stereocenters. The van der Waals surface area contributed by atoms with E-state index >= 15 is 0 Å². The zero-order valence-corrected chi connectivity index (χ0v) is 10.00. The lowest BCUT2D eigenvalue weighted by Crippen LogP contribution is -1.87. The van der Waals surface area contributed by atoms with E-state index < -0.39 is 0 Å². The van der Waals surface area contributed by atoms with Gasteiger partial charge in [0.1, 0.15) is 0 Å². The molecule has 2 rings (SSSR count). The van der Waals surface area contributed by atoms with Crippen LogP contribution in [0.4, 0.5) is 5.69 Å². The second-order valence-electron chi connectivity index (χ2n) is 3.71. The minimum Gasteiger partial charge on any atom is -0.397 e. The molecule has 0 fully saturated rings. The van der Waals surface area contributed by atoms with Crippen molar-refractivity contribution in [1.82, 2.24) is 4.98 Å². The lowest BCUT2D eigenvalue weighted by atomic mass is 10.2. The van der Waals surface area contributed by atoms with Gasteiger partial charge in [-0.1, -0.05) is 29.8 Å². The molecule has 0 aliphatic rings. The van der Waals surface area contributed by atoms with Crippen LogP contribution >= 0.6 is 11.8 Å². The summed E-state index contributed by atoms with van der Waals surface area (Å²) in [5, 5.41) is 1.01. The van der Waals surface area contributed by atoms with Crippen LogP contribution < -0.4 is 5.73 Å². The lowest BCUT2D eigenvalue weighted by molar-refractivity contribution is 1.13. The smallest absolute Gasteiger partial charge is 0.0964 e. The molecule has 1 aromatic carbocycles. The van der Waals surface area contributed by atoms with Crippen LogP contribution in [-0.2, 0) is 5.75 Å². The number of rotatable bonds is 3.